The van der Waals surface area contributed by atoms with Crippen LogP contribution in [0.3, 0.4) is 0 Å². The molecule has 1 aromatic heterocycles. The molecule has 1 atom stereocenters. The molecule has 4 nitrogen and oxygen atoms in total. The second-order valence-corrected chi connectivity index (χ2v) is 5.71. The largest absolute Gasteiger partial charge is 0.478 e. The Balaban J connectivity index is 2.18. The number of hydrogen-bond donors (Lipinski definition) is 2. The highest BCUT2D eigenvalue weighted by atomic mass is 32.1. The number of thiazole rings is 1. The van der Waals surface area contributed by atoms with Crippen molar-refractivity contribution in [3.05, 3.63) is 51.5 Å². The summed E-state index contributed by atoms with van der Waals surface area (Å²) in [5, 5.41) is 15.5. The van der Waals surface area contributed by atoms with E-state index in [9.17, 15) is 4.79 Å². The topological polar surface area (TPSA) is 62.2 Å². The molecule has 2 N–H and O–H groups in total. The van der Waals surface area contributed by atoms with Gasteiger partial charge in [0.1, 0.15) is 5.01 Å². The summed E-state index contributed by atoms with van der Waals surface area (Å²) >= 11 is 1.59. The van der Waals surface area contributed by atoms with Gasteiger partial charge in [0.05, 0.1) is 11.1 Å². The molecule has 1 aliphatic rings. The molecule has 5 heteroatoms. The van der Waals surface area contributed by atoms with Gasteiger partial charge in [-0.3, -0.25) is 0 Å². The van der Waals surface area contributed by atoms with Crippen molar-refractivity contribution in [3.63, 3.8) is 0 Å². The molecule has 0 saturated heterocycles. The molecule has 0 amide bonds. The van der Waals surface area contributed by atoms with Crippen molar-refractivity contribution < 1.29 is 9.90 Å². The first-order chi connectivity index (χ1) is 9.11. The van der Waals surface area contributed by atoms with Crippen molar-refractivity contribution in [1.29, 1.82) is 0 Å². The van der Waals surface area contributed by atoms with Crippen molar-refractivity contribution >= 4 is 17.3 Å². The monoisotopic (exact) mass is 274 g/mol. The van der Waals surface area contributed by atoms with Crippen molar-refractivity contribution in [2.24, 2.45) is 0 Å². The van der Waals surface area contributed by atoms with E-state index in [4.69, 9.17) is 5.11 Å². The van der Waals surface area contributed by atoms with Crippen LogP contribution in [0.15, 0.2) is 29.8 Å². The van der Waals surface area contributed by atoms with E-state index in [0.717, 1.165) is 23.5 Å². The third-order valence-corrected chi connectivity index (χ3v) is 4.62. The quantitative estimate of drug-likeness (QED) is 0.881. The van der Waals surface area contributed by atoms with E-state index < -0.39 is 11.5 Å². The van der Waals surface area contributed by atoms with Crippen LogP contribution in [0, 0.1) is 0 Å². The molecule has 2 aromatic rings. The van der Waals surface area contributed by atoms with Gasteiger partial charge in [-0.1, -0.05) is 6.07 Å². The summed E-state index contributed by atoms with van der Waals surface area (Å²) in [6, 6.07) is 5.37. The fraction of sp³-hybridized carbons (Fsp3) is 0.286. The van der Waals surface area contributed by atoms with Crippen molar-refractivity contribution in [2.45, 2.75) is 18.9 Å². The lowest BCUT2D eigenvalue weighted by atomic mass is 9.83. The third kappa shape index (κ3) is 1.95. The number of nitrogens with one attached hydrogen (secondary N) is 1. The normalized spacial score (nSPS) is 21.9. The molecule has 0 saturated carbocycles. The van der Waals surface area contributed by atoms with Crippen LogP contribution >= 0.6 is 11.3 Å². The van der Waals surface area contributed by atoms with Crippen molar-refractivity contribution in [2.75, 3.05) is 6.54 Å². The molecular weight excluding hydrogens is 260 g/mol. The molecular formula is C14H14N2O2S. The highest BCUT2D eigenvalue weighted by molar-refractivity contribution is 7.09. The van der Waals surface area contributed by atoms with Crippen LogP contribution < -0.4 is 5.32 Å². The van der Waals surface area contributed by atoms with Crippen molar-refractivity contribution in [1.82, 2.24) is 10.3 Å². The summed E-state index contributed by atoms with van der Waals surface area (Å²) in [7, 11) is 0. The minimum absolute atomic E-state index is 0.324. The zero-order chi connectivity index (χ0) is 13.5. The molecule has 98 valence electrons. The second kappa shape index (κ2) is 4.43. The maximum Gasteiger partial charge on any atom is 0.335 e. The molecule has 1 aliphatic heterocycles. The van der Waals surface area contributed by atoms with Gasteiger partial charge in [-0.25, -0.2) is 9.78 Å². The standard InChI is InChI=1S/C14H14N2O2S/c1-14(13-15-6-7-19-13)11-8-10(12(17)18)3-2-9(11)4-5-16-14/h2-3,6-8,16H,4-5H2,1H3,(H,17,18). The van der Waals surface area contributed by atoms with Gasteiger partial charge in [0.25, 0.3) is 0 Å². The Morgan fingerprint density at radius 2 is 2.37 bits per heavy atom. The fourth-order valence-corrected chi connectivity index (χ4v) is 3.39. The molecule has 1 aromatic carbocycles. The summed E-state index contributed by atoms with van der Waals surface area (Å²) in [6.45, 7) is 2.94. The Bertz CT molecular complexity index is 624. The molecule has 2 heterocycles. The zero-order valence-electron chi connectivity index (χ0n) is 10.5. The fourth-order valence-electron chi connectivity index (χ4n) is 2.60. The van der Waals surface area contributed by atoms with Gasteiger partial charge in [0.2, 0.25) is 0 Å². The number of nitrogens with zero attached hydrogens (tertiary/aromatic N) is 1. The Morgan fingerprint density at radius 1 is 1.53 bits per heavy atom. The van der Waals surface area contributed by atoms with E-state index in [-0.39, 0.29) is 0 Å². The number of carboxylic acid groups (broad SMARTS) is 1. The Labute approximate surface area is 115 Å². The Kier molecular flexibility index (Phi) is 2.88. The summed E-state index contributed by atoms with van der Waals surface area (Å²) in [4.78, 5) is 15.5. The van der Waals surface area contributed by atoms with E-state index >= 15 is 0 Å². The van der Waals surface area contributed by atoms with E-state index in [1.807, 2.05) is 11.4 Å². The lowest BCUT2D eigenvalue weighted by Gasteiger charge is -2.35. The smallest absolute Gasteiger partial charge is 0.335 e. The van der Waals surface area contributed by atoms with Gasteiger partial charge in [-0.05, 0) is 36.6 Å². The summed E-state index contributed by atoms with van der Waals surface area (Å²) in [5.41, 5.74) is 2.15. The van der Waals surface area contributed by atoms with Gasteiger partial charge >= 0.3 is 5.97 Å². The van der Waals surface area contributed by atoms with Gasteiger partial charge in [0, 0.05) is 18.1 Å². The Morgan fingerprint density at radius 3 is 3.05 bits per heavy atom. The van der Waals surface area contributed by atoms with Crippen LogP contribution in [0.25, 0.3) is 0 Å². The average Bonchev–Trinajstić information content (AvgIpc) is 2.93. The van der Waals surface area contributed by atoms with Gasteiger partial charge in [-0.15, -0.1) is 11.3 Å². The van der Waals surface area contributed by atoms with Crippen LogP contribution in [-0.2, 0) is 12.0 Å². The van der Waals surface area contributed by atoms with E-state index in [0.29, 0.717) is 5.56 Å². The summed E-state index contributed by atoms with van der Waals surface area (Å²) in [5.74, 6) is -0.894. The highest BCUT2D eigenvalue weighted by Crippen LogP contribution is 2.36. The molecule has 1 unspecified atom stereocenters. The van der Waals surface area contributed by atoms with Crippen LogP contribution in [0.2, 0.25) is 0 Å². The number of fused-ring (bicyclic) bond motifs is 1. The van der Waals surface area contributed by atoms with Crippen LogP contribution in [0.1, 0.15) is 33.4 Å². The molecule has 0 aliphatic carbocycles. The molecule has 0 spiro atoms. The average molecular weight is 274 g/mol. The molecule has 0 radical (unpaired) electrons. The van der Waals surface area contributed by atoms with Gasteiger partial charge in [-0.2, -0.15) is 0 Å². The minimum Gasteiger partial charge on any atom is -0.478 e. The van der Waals surface area contributed by atoms with Crippen LogP contribution in [0.4, 0.5) is 0 Å². The number of aromatic nitrogens is 1. The predicted molar refractivity (Wildman–Crippen MR) is 73.7 cm³/mol. The SMILES string of the molecule is CC1(c2nccs2)NCCc2ccc(C(=O)O)cc21. The summed E-state index contributed by atoms with van der Waals surface area (Å²) < 4.78 is 0. The molecule has 3 rings (SSSR count). The van der Waals surface area contributed by atoms with Crippen LogP contribution in [-0.4, -0.2) is 22.6 Å². The van der Waals surface area contributed by atoms with Gasteiger partial charge < -0.3 is 10.4 Å². The maximum atomic E-state index is 11.2. The van der Waals surface area contributed by atoms with E-state index in [1.54, 1.807) is 29.7 Å². The predicted octanol–water partition coefficient (Wildman–Crippen LogP) is 2.25. The number of aromatic carboxylic acids is 1. The van der Waals surface area contributed by atoms with E-state index in [2.05, 4.69) is 17.2 Å². The van der Waals surface area contributed by atoms with Gasteiger partial charge in [0.15, 0.2) is 0 Å². The number of benzene rings is 1. The first kappa shape index (κ1) is 12.3. The Hall–Kier alpha value is -1.72. The van der Waals surface area contributed by atoms with Crippen LogP contribution in [0.5, 0.6) is 0 Å². The minimum atomic E-state index is -0.894. The van der Waals surface area contributed by atoms with Crippen molar-refractivity contribution in [3.8, 4) is 0 Å². The molecule has 19 heavy (non-hydrogen) atoms. The number of rotatable bonds is 2. The highest BCUT2D eigenvalue weighted by Gasteiger charge is 2.36. The first-order valence-corrected chi connectivity index (χ1v) is 7.01. The second-order valence-electron chi connectivity index (χ2n) is 4.82. The first-order valence-electron chi connectivity index (χ1n) is 6.13. The number of carboxylic acids is 1. The zero-order valence-corrected chi connectivity index (χ0v) is 11.3. The third-order valence-electron chi connectivity index (χ3n) is 3.63. The number of carbonyl (C=O) groups is 1. The lowest BCUT2D eigenvalue weighted by Crippen LogP contribution is -2.45. The summed E-state index contributed by atoms with van der Waals surface area (Å²) in [6.07, 6.45) is 2.69. The van der Waals surface area contributed by atoms with E-state index in [1.165, 1.54) is 5.56 Å². The molecule has 0 bridgehead atoms. The number of hydrogen-bond acceptors (Lipinski definition) is 4. The molecule has 0 fully saturated rings. The lowest BCUT2D eigenvalue weighted by molar-refractivity contribution is 0.0696. The maximum absolute atomic E-state index is 11.2.